The Morgan fingerprint density at radius 2 is 2.11 bits per heavy atom. The second-order valence-corrected chi connectivity index (χ2v) is 3.51. The lowest BCUT2D eigenvalue weighted by Crippen LogP contribution is -2.49. The molecule has 1 aliphatic heterocycles. The topological polar surface area (TPSA) is 112 Å². The van der Waals surface area contributed by atoms with Crippen LogP contribution in [-0.4, -0.2) is 53.1 Å². The Labute approximate surface area is 101 Å². The number of carbonyl (C=O) groups is 3. The number of fused-ring (bicyclic) bond motifs is 1. The number of nitrogens with zero attached hydrogens (tertiary/aromatic N) is 3. The first kappa shape index (κ1) is 12.0. The smallest absolute Gasteiger partial charge is 0.361 e. The van der Waals surface area contributed by atoms with Crippen LogP contribution in [0.2, 0.25) is 0 Å². The zero-order valence-corrected chi connectivity index (χ0v) is 9.67. The molecule has 0 unspecified atom stereocenters. The molecule has 1 atom stereocenters. The van der Waals surface area contributed by atoms with Gasteiger partial charge in [0.25, 0.3) is 5.91 Å². The second kappa shape index (κ2) is 4.43. The SMILES string of the molecule is COC(=O)c1nnn2c1C(=O)N[C@H](C(=O)OC)C2. The van der Waals surface area contributed by atoms with Gasteiger partial charge >= 0.3 is 11.9 Å². The van der Waals surface area contributed by atoms with Crippen molar-refractivity contribution in [2.75, 3.05) is 14.2 Å². The fourth-order valence-corrected chi connectivity index (χ4v) is 1.62. The molecule has 0 saturated heterocycles. The first-order chi connectivity index (χ1) is 8.58. The van der Waals surface area contributed by atoms with Crippen LogP contribution >= 0.6 is 0 Å². The van der Waals surface area contributed by atoms with Crippen LogP contribution in [0.3, 0.4) is 0 Å². The van der Waals surface area contributed by atoms with E-state index < -0.39 is 23.9 Å². The lowest BCUT2D eigenvalue weighted by Gasteiger charge is -2.21. The summed E-state index contributed by atoms with van der Waals surface area (Å²) >= 11 is 0. The Hall–Kier alpha value is -2.45. The minimum Gasteiger partial charge on any atom is -0.467 e. The van der Waals surface area contributed by atoms with Gasteiger partial charge in [0.1, 0.15) is 6.04 Å². The Kier molecular flexibility index (Phi) is 2.96. The highest BCUT2D eigenvalue weighted by Gasteiger charge is 2.35. The third kappa shape index (κ3) is 1.79. The number of nitrogens with one attached hydrogen (secondary N) is 1. The van der Waals surface area contributed by atoms with Crippen LogP contribution in [0.25, 0.3) is 0 Å². The molecule has 9 heteroatoms. The van der Waals surface area contributed by atoms with Crippen LogP contribution in [0, 0.1) is 0 Å². The molecule has 96 valence electrons. The number of hydrogen-bond acceptors (Lipinski definition) is 7. The van der Waals surface area contributed by atoms with E-state index in [1.807, 2.05) is 0 Å². The van der Waals surface area contributed by atoms with Gasteiger partial charge in [0.2, 0.25) is 5.69 Å². The number of esters is 2. The zero-order chi connectivity index (χ0) is 13.3. The van der Waals surface area contributed by atoms with Crippen LogP contribution in [0.5, 0.6) is 0 Å². The molecule has 1 aromatic rings. The fourth-order valence-electron chi connectivity index (χ4n) is 1.62. The largest absolute Gasteiger partial charge is 0.467 e. The average Bonchev–Trinajstić information content (AvgIpc) is 2.81. The summed E-state index contributed by atoms with van der Waals surface area (Å²) in [5.74, 6) is -1.98. The molecule has 0 radical (unpaired) electrons. The Bertz CT molecular complexity index is 523. The van der Waals surface area contributed by atoms with E-state index in [0.717, 1.165) is 0 Å². The summed E-state index contributed by atoms with van der Waals surface area (Å²) in [6.45, 7) is 0.0533. The first-order valence-electron chi connectivity index (χ1n) is 4.99. The maximum atomic E-state index is 11.8. The lowest BCUT2D eigenvalue weighted by molar-refractivity contribution is -0.143. The molecule has 9 nitrogen and oxygen atoms in total. The van der Waals surface area contributed by atoms with E-state index in [1.54, 1.807) is 0 Å². The van der Waals surface area contributed by atoms with Crippen molar-refractivity contribution in [3.63, 3.8) is 0 Å². The number of rotatable bonds is 2. The van der Waals surface area contributed by atoms with E-state index in [-0.39, 0.29) is 17.9 Å². The molecule has 18 heavy (non-hydrogen) atoms. The summed E-state index contributed by atoms with van der Waals surface area (Å²) in [6.07, 6.45) is 0. The van der Waals surface area contributed by atoms with Crippen molar-refractivity contribution in [3.05, 3.63) is 11.4 Å². The van der Waals surface area contributed by atoms with E-state index >= 15 is 0 Å². The number of ether oxygens (including phenoxy) is 2. The summed E-state index contributed by atoms with van der Waals surface area (Å²) in [7, 11) is 2.39. The maximum Gasteiger partial charge on any atom is 0.361 e. The molecule has 1 aliphatic rings. The maximum absolute atomic E-state index is 11.8. The van der Waals surface area contributed by atoms with Gasteiger partial charge in [0.05, 0.1) is 20.8 Å². The molecule has 0 saturated carbocycles. The molecule has 0 spiro atoms. The highest BCUT2D eigenvalue weighted by atomic mass is 16.5. The Morgan fingerprint density at radius 1 is 1.39 bits per heavy atom. The standard InChI is InChI=1S/C9H10N4O5/c1-17-8(15)4-3-13-6(7(14)10-4)5(11-12-13)9(16)18-2/h4H,3H2,1-2H3,(H,10,14)/t4-/m0/s1. The molecule has 0 bridgehead atoms. The summed E-state index contributed by atoms with van der Waals surface area (Å²) < 4.78 is 10.2. The number of hydrogen-bond donors (Lipinski definition) is 1. The molecule has 1 amide bonds. The zero-order valence-electron chi connectivity index (χ0n) is 9.67. The number of amides is 1. The second-order valence-electron chi connectivity index (χ2n) is 3.51. The monoisotopic (exact) mass is 254 g/mol. The van der Waals surface area contributed by atoms with Crippen molar-refractivity contribution in [2.45, 2.75) is 12.6 Å². The predicted octanol–water partition coefficient (Wildman–Crippen LogP) is -1.65. The van der Waals surface area contributed by atoms with Crippen LogP contribution in [0.4, 0.5) is 0 Å². The van der Waals surface area contributed by atoms with Gasteiger partial charge in [-0.3, -0.25) is 4.79 Å². The first-order valence-corrected chi connectivity index (χ1v) is 4.99. The molecular formula is C9H10N4O5. The van der Waals surface area contributed by atoms with E-state index in [4.69, 9.17) is 0 Å². The van der Waals surface area contributed by atoms with E-state index in [0.29, 0.717) is 0 Å². The average molecular weight is 254 g/mol. The molecule has 2 rings (SSSR count). The molecule has 1 aromatic heterocycles. The van der Waals surface area contributed by atoms with Crippen molar-refractivity contribution < 1.29 is 23.9 Å². The summed E-state index contributed by atoms with van der Waals surface area (Å²) in [5.41, 5.74) is -0.208. The van der Waals surface area contributed by atoms with Crippen molar-refractivity contribution >= 4 is 17.8 Å². The summed E-state index contributed by atoms with van der Waals surface area (Å²) in [5, 5.41) is 9.61. The van der Waals surface area contributed by atoms with Gasteiger partial charge < -0.3 is 14.8 Å². The van der Waals surface area contributed by atoms with Crippen LogP contribution in [-0.2, 0) is 20.8 Å². The summed E-state index contributed by atoms with van der Waals surface area (Å²) in [6, 6.07) is -0.845. The van der Waals surface area contributed by atoms with Gasteiger partial charge in [0.15, 0.2) is 5.69 Å². The third-order valence-electron chi connectivity index (χ3n) is 2.48. The van der Waals surface area contributed by atoms with Gasteiger partial charge in [-0.1, -0.05) is 5.21 Å². The van der Waals surface area contributed by atoms with Gasteiger partial charge in [0, 0.05) is 0 Å². The molecule has 0 aliphatic carbocycles. The fraction of sp³-hybridized carbons (Fsp3) is 0.444. The van der Waals surface area contributed by atoms with Crippen molar-refractivity contribution in [2.24, 2.45) is 0 Å². The third-order valence-corrected chi connectivity index (χ3v) is 2.48. The van der Waals surface area contributed by atoms with E-state index in [2.05, 4.69) is 25.1 Å². The lowest BCUT2D eigenvalue weighted by atomic mass is 10.2. The number of methoxy groups -OCH3 is 2. The van der Waals surface area contributed by atoms with Gasteiger partial charge in [-0.05, 0) is 0 Å². The van der Waals surface area contributed by atoms with Crippen molar-refractivity contribution in [1.82, 2.24) is 20.3 Å². The summed E-state index contributed by atoms with van der Waals surface area (Å²) in [4.78, 5) is 34.5. The molecule has 2 heterocycles. The Morgan fingerprint density at radius 3 is 2.72 bits per heavy atom. The minimum atomic E-state index is -0.845. The van der Waals surface area contributed by atoms with Crippen molar-refractivity contribution in [3.8, 4) is 0 Å². The minimum absolute atomic E-state index is 0.0259. The molecule has 1 N–H and O–H groups in total. The van der Waals surface area contributed by atoms with Gasteiger partial charge in [-0.2, -0.15) is 0 Å². The number of carbonyl (C=O) groups excluding carboxylic acids is 3. The van der Waals surface area contributed by atoms with Gasteiger partial charge in [-0.15, -0.1) is 5.10 Å². The van der Waals surface area contributed by atoms with Gasteiger partial charge in [-0.25, -0.2) is 14.3 Å². The van der Waals surface area contributed by atoms with Crippen LogP contribution in [0.15, 0.2) is 0 Å². The van der Waals surface area contributed by atoms with E-state index in [1.165, 1.54) is 18.9 Å². The quantitative estimate of drug-likeness (QED) is 0.629. The molecular weight excluding hydrogens is 244 g/mol. The van der Waals surface area contributed by atoms with E-state index in [9.17, 15) is 14.4 Å². The highest BCUT2D eigenvalue weighted by molar-refractivity contribution is 6.04. The number of aromatic nitrogens is 3. The Balaban J connectivity index is 2.35. The van der Waals surface area contributed by atoms with Crippen LogP contribution in [0.1, 0.15) is 21.0 Å². The highest BCUT2D eigenvalue weighted by Crippen LogP contribution is 2.13. The normalized spacial score (nSPS) is 17.7. The molecule has 0 aromatic carbocycles. The predicted molar refractivity (Wildman–Crippen MR) is 54.6 cm³/mol. The molecule has 0 fully saturated rings. The van der Waals surface area contributed by atoms with Crippen LogP contribution < -0.4 is 5.32 Å². The van der Waals surface area contributed by atoms with Crippen molar-refractivity contribution in [1.29, 1.82) is 0 Å².